The molecule has 1 amide bonds. The lowest BCUT2D eigenvalue weighted by atomic mass is 10.0. The fraction of sp³-hybridized carbons (Fsp3) is 0.217. The van der Waals surface area contributed by atoms with Gasteiger partial charge < -0.3 is 4.74 Å². The zero-order valence-electron chi connectivity index (χ0n) is 17.8. The van der Waals surface area contributed by atoms with E-state index in [0.717, 1.165) is 11.3 Å². The van der Waals surface area contributed by atoms with Crippen LogP contribution in [0.4, 0.5) is 10.3 Å². The maximum absolute atomic E-state index is 13.3. The normalized spacial score (nSPS) is 11.0. The number of carbonyl (C=O) groups is 1. The molecule has 4 aromatic rings. The van der Waals surface area contributed by atoms with Crippen molar-refractivity contribution in [2.75, 3.05) is 5.32 Å². The number of nitrogens with zero attached hydrogens (tertiary/aromatic N) is 5. The fourth-order valence-electron chi connectivity index (χ4n) is 3.06. The molecular formula is C23H23FN6O2. The molecule has 0 spiro atoms. The minimum absolute atomic E-state index is 0.141. The van der Waals surface area contributed by atoms with Crippen LogP contribution in [0.5, 0.6) is 5.75 Å². The van der Waals surface area contributed by atoms with Gasteiger partial charge in [-0.2, -0.15) is 5.10 Å². The van der Waals surface area contributed by atoms with Gasteiger partial charge in [0.1, 0.15) is 17.9 Å². The van der Waals surface area contributed by atoms with Crippen LogP contribution in [-0.2, 0) is 13.3 Å². The summed E-state index contributed by atoms with van der Waals surface area (Å²) in [5.41, 5.74) is 2.19. The second kappa shape index (κ2) is 9.42. The minimum atomic E-state index is -0.437. The van der Waals surface area contributed by atoms with E-state index in [9.17, 15) is 9.18 Å². The third-order valence-corrected chi connectivity index (χ3v) is 4.78. The summed E-state index contributed by atoms with van der Waals surface area (Å²) < 4.78 is 22.1. The second-order valence-electron chi connectivity index (χ2n) is 7.59. The quantitative estimate of drug-likeness (QED) is 0.452. The number of aromatic nitrogens is 5. The maximum atomic E-state index is 13.3. The van der Waals surface area contributed by atoms with E-state index in [1.54, 1.807) is 24.4 Å². The van der Waals surface area contributed by atoms with Crippen LogP contribution < -0.4 is 10.1 Å². The Balaban J connectivity index is 1.31. The van der Waals surface area contributed by atoms with E-state index in [2.05, 4.69) is 34.3 Å². The number of anilines is 1. The molecule has 0 radical (unpaired) electrons. The molecule has 0 aliphatic heterocycles. The Bertz CT molecular complexity index is 1200. The highest BCUT2D eigenvalue weighted by molar-refractivity contribution is 6.01. The van der Waals surface area contributed by atoms with Gasteiger partial charge in [0.2, 0.25) is 5.95 Å². The van der Waals surface area contributed by atoms with Crippen LogP contribution in [0.1, 0.15) is 41.4 Å². The first-order chi connectivity index (χ1) is 15.5. The summed E-state index contributed by atoms with van der Waals surface area (Å²) in [6, 6.07) is 15.7. The van der Waals surface area contributed by atoms with Crippen molar-refractivity contribution in [1.82, 2.24) is 24.5 Å². The molecule has 0 aliphatic carbocycles. The first-order valence-electron chi connectivity index (χ1n) is 10.2. The van der Waals surface area contributed by atoms with E-state index in [1.165, 1.54) is 33.4 Å². The standard InChI is InChI=1S/C23H23FN6O2/c1-16(2)18-6-8-20(9-7-18)32-15-29-11-10-21(27-29)22(31)26-23-25-14-30(28-23)13-17-4-3-5-19(24)12-17/h3-12,14,16H,13,15H2,1-2H3,(H,26,28,31). The van der Waals surface area contributed by atoms with Crippen molar-refractivity contribution in [3.05, 3.63) is 89.8 Å². The number of nitrogens with one attached hydrogen (secondary N) is 1. The highest BCUT2D eigenvalue weighted by atomic mass is 19.1. The van der Waals surface area contributed by atoms with Crippen LogP contribution >= 0.6 is 0 Å². The molecule has 0 bridgehead atoms. The first kappa shape index (κ1) is 21.2. The Morgan fingerprint density at radius 3 is 2.66 bits per heavy atom. The average Bonchev–Trinajstić information content (AvgIpc) is 3.42. The third-order valence-electron chi connectivity index (χ3n) is 4.78. The van der Waals surface area contributed by atoms with E-state index in [-0.39, 0.29) is 24.2 Å². The van der Waals surface area contributed by atoms with Crippen molar-refractivity contribution in [3.8, 4) is 5.75 Å². The molecular weight excluding hydrogens is 411 g/mol. The third kappa shape index (κ3) is 5.37. The molecule has 2 heterocycles. The Morgan fingerprint density at radius 1 is 1.09 bits per heavy atom. The van der Waals surface area contributed by atoms with Crippen LogP contribution in [0.2, 0.25) is 0 Å². The number of amides is 1. The van der Waals surface area contributed by atoms with Crippen molar-refractivity contribution < 1.29 is 13.9 Å². The SMILES string of the molecule is CC(C)c1ccc(OCn2ccc(C(=O)Nc3ncn(Cc4cccc(F)c4)n3)n2)cc1. The summed E-state index contributed by atoms with van der Waals surface area (Å²) in [7, 11) is 0. The van der Waals surface area contributed by atoms with Gasteiger partial charge in [0, 0.05) is 6.20 Å². The molecule has 8 nitrogen and oxygen atoms in total. The summed E-state index contributed by atoms with van der Waals surface area (Å²) in [6.45, 7) is 4.78. The van der Waals surface area contributed by atoms with Gasteiger partial charge in [0.05, 0.1) is 6.54 Å². The molecule has 9 heteroatoms. The number of hydrogen-bond donors (Lipinski definition) is 1. The van der Waals surface area contributed by atoms with Gasteiger partial charge in [-0.3, -0.25) is 10.1 Å². The molecule has 0 saturated heterocycles. The van der Waals surface area contributed by atoms with Crippen molar-refractivity contribution in [1.29, 1.82) is 0 Å². The van der Waals surface area contributed by atoms with E-state index < -0.39 is 5.91 Å². The Morgan fingerprint density at radius 2 is 1.91 bits per heavy atom. The van der Waals surface area contributed by atoms with Crippen LogP contribution in [0.3, 0.4) is 0 Å². The van der Waals surface area contributed by atoms with Gasteiger partial charge >= 0.3 is 0 Å². The number of halogens is 1. The maximum Gasteiger partial charge on any atom is 0.278 e. The average molecular weight is 434 g/mol. The van der Waals surface area contributed by atoms with Gasteiger partial charge in [-0.1, -0.05) is 38.1 Å². The lowest BCUT2D eigenvalue weighted by Crippen LogP contribution is -2.15. The fourth-order valence-corrected chi connectivity index (χ4v) is 3.06. The minimum Gasteiger partial charge on any atom is -0.471 e. The van der Waals surface area contributed by atoms with E-state index in [0.29, 0.717) is 12.5 Å². The second-order valence-corrected chi connectivity index (χ2v) is 7.59. The molecule has 164 valence electrons. The first-order valence-corrected chi connectivity index (χ1v) is 10.2. The molecule has 2 aromatic heterocycles. The predicted molar refractivity (Wildman–Crippen MR) is 117 cm³/mol. The Kier molecular flexibility index (Phi) is 6.25. The lowest BCUT2D eigenvalue weighted by Gasteiger charge is -2.09. The largest absolute Gasteiger partial charge is 0.471 e. The smallest absolute Gasteiger partial charge is 0.278 e. The van der Waals surface area contributed by atoms with Gasteiger partial charge in [0.25, 0.3) is 5.91 Å². The molecule has 0 atom stereocenters. The molecule has 1 N–H and O–H groups in total. The number of benzene rings is 2. The van der Waals surface area contributed by atoms with Crippen LogP contribution in [0, 0.1) is 5.82 Å². The predicted octanol–water partition coefficient (Wildman–Crippen LogP) is 4.07. The van der Waals surface area contributed by atoms with Crippen LogP contribution in [-0.4, -0.2) is 30.5 Å². The summed E-state index contributed by atoms with van der Waals surface area (Å²) in [6.07, 6.45) is 3.13. The van der Waals surface area contributed by atoms with Crippen molar-refractivity contribution in [2.45, 2.75) is 33.0 Å². The van der Waals surface area contributed by atoms with Crippen LogP contribution in [0.15, 0.2) is 67.1 Å². The van der Waals surface area contributed by atoms with Crippen LogP contribution in [0.25, 0.3) is 0 Å². The lowest BCUT2D eigenvalue weighted by molar-refractivity contribution is 0.101. The van der Waals surface area contributed by atoms with E-state index >= 15 is 0 Å². The number of rotatable bonds is 8. The molecule has 4 rings (SSSR count). The summed E-state index contributed by atoms with van der Waals surface area (Å²) >= 11 is 0. The van der Waals surface area contributed by atoms with Gasteiger partial charge in [-0.05, 0) is 47.4 Å². The van der Waals surface area contributed by atoms with Crippen molar-refractivity contribution in [2.24, 2.45) is 0 Å². The molecule has 32 heavy (non-hydrogen) atoms. The zero-order valence-corrected chi connectivity index (χ0v) is 17.8. The van der Waals surface area contributed by atoms with Gasteiger partial charge in [0.15, 0.2) is 12.4 Å². The van der Waals surface area contributed by atoms with Crippen molar-refractivity contribution >= 4 is 11.9 Å². The molecule has 0 aliphatic rings. The highest BCUT2D eigenvalue weighted by Gasteiger charge is 2.13. The summed E-state index contributed by atoms with van der Waals surface area (Å²) in [5.74, 6) is 0.571. The number of ether oxygens (including phenoxy) is 1. The molecule has 0 unspecified atom stereocenters. The molecule has 2 aromatic carbocycles. The van der Waals surface area contributed by atoms with Crippen molar-refractivity contribution in [3.63, 3.8) is 0 Å². The van der Waals surface area contributed by atoms with E-state index in [1.807, 2.05) is 24.3 Å². The molecule has 0 fully saturated rings. The van der Waals surface area contributed by atoms with Gasteiger partial charge in [-0.15, -0.1) is 5.10 Å². The van der Waals surface area contributed by atoms with E-state index in [4.69, 9.17) is 4.74 Å². The number of carbonyl (C=O) groups excluding carboxylic acids is 1. The monoisotopic (exact) mass is 434 g/mol. The summed E-state index contributed by atoms with van der Waals surface area (Å²) in [4.78, 5) is 16.5. The Hall–Kier alpha value is -4.01. The topological polar surface area (TPSA) is 86.9 Å². The molecule has 0 saturated carbocycles. The summed E-state index contributed by atoms with van der Waals surface area (Å²) in [5, 5.41) is 11.0. The Labute approximate surface area is 184 Å². The van der Waals surface area contributed by atoms with Gasteiger partial charge in [-0.25, -0.2) is 18.7 Å². The number of hydrogen-bond acceptors (Lipinski definition) is 5. The zero-order chi connectivity index (χ0) is 22.5. The highest BCUT2D eigenvalue weighted by Crippen LogP contribution is 2.18.